The molecule has 2 heterocycles. The molecule has 160 valence electrons. The zero-order chi connectivity index (χ0) is 21.8. The lowest BCUT2D eigenvalue weighted by molar-refractivity contribution is -0.129. The molecule has 0 atom stereocenters. The normalized spacial score (nSPS) is 13.9. The van der Waals surface area contributed by atoms with Crippen LogP contribution >= 0.6 is 0 Å². The molecule has 0 radical (unpaired) electrons. The van der Waals surface area contributed by atoms with Crippen molar-refractivity contribution in [1.82, 2.24) is 15.2 Å². The Balaban J connectivity index is 1.31. The quantitative estimate of drug-likeness (QED) is 0.631. The second kappa shape index (κ2) is 8.99. The molecule has 2 amide bonds. The number of amides is 2. The number of nitrogens with one attached hydrogen (secondary N) is 2. The van der Waals surface area contributed by atoms with Gasteiger partial charge in [0.15, 0.2) is 0 Å². The first-order chi connectivity index (χ1) is 15.0. The molecule has 2 aromatic carbocycles. The van der Waals surface area contributed by atoms with Crippen molar-refractivity contribution in [3.63, 3.8) is 0 Å². The molecule has 1 aromatic heterocycles. The van der Waals surface area contributed by atoms with Crippen molar-refractivity contribution in [3.8, 4) is 5.75 Å². The number of hydrogen-bond acceptors (Lipinski definition) is 3. The lowest BCUT2D eigenvalue weighted by atomic mass is 9.99. The van der Waals surface area contributed by atoms with Crippen molar-refractivity contribution in [2.45, 2.75) is 13.0 Å². The smallest absolute Gasteiger partial charge is 0.387 e. The van der Waals surface area contributed by atoms with Gasteiger partial charge in [0.1, 0.15) is 5.75 Å². The molecule has 31 heavy (non-hydrogen) atoms. The van der Waals surface area contributed by atoms with Crippen LogP contribution < -0.4 is 10.1 Å². The average Bonchev–Trinajstić information content (AvgIpc) is 3.21. The molecule has 0 aliphatic carbocycles. The molecule has 1 aliphatic heterocycles. The summed E-state index contributed by atoms with van der Waals surface area (Å²) in [5.74, 6) is -0.669. The summed E-state index contributed by atoms with van der Waals surface area (Å²) in [6, 6.07) is 13.4. The first-order valence-corrected chi connectivity index (χ1v) is 9.87. The Morgan fingerprint density at radius 1 is 1.13 bits per heavy atom. The van der Waals surface area contributed by atoms with Gasteiger partial charge in [0.2, 0.25) is 5.91 Å². The first kappa shape index (κ1) is 20.6. The third-order valence-electron chi connectivity index (χ3n) is 5.24. The van der Waals surface area contributed by atoms with Gasteiger partial charge in [0.25, 0.3) is 5.91 Å². The number of para-hydroxylation sites is 1. The SMILES string of the molecule is O=C(NCC(=O)N1CC=C(c2c[nH]c3ccccc23)CC1)c1ccc(OC(F)F)cc1. The number of carbonyl (C=O) groups is 2. The number of aromatic amines is 1. The third kappa shape index (κ3) is 4.74. The van der Waals surface area contributed by atoms with E-state index in [9.17, 15) is 18.4 Å². The van der Waals surface area contributed by atoms with E-state index in [0.29, 0.717) is 13.1 Å². The van der Waals surface area contributed by atoms with Gasteiger partial charge >= 0.3 is 6.61 Å². The molecule has 0 fully saturated rings. The fraction of sp³-hybridized carbons (Fsp3) is 0.217. The monoisotopic (exact) mass is 425 g/mol. The topological polar surface area (TPSA) is 74.4 Å². The van der Waals surface area contributed by atoms with Crippen LogP contribution in [0, 0.1) is 0 Å². The van der Waals surface area contributed by atoms with Crippen molar-refractivity contribution in [2.75, 3.05) is 19.6 Å². The van der Waals surface area contributed by atoms with E-state index in [1.807, 2.05) is 30.5 Å². The number of hydrogen-bond donors (Lipinski definition) is 2. The summed E-state index contributed by atoms with van der Waals surface area (Å²) in [5, 5.41) is 3.73. The minimum absolute atomic E-state index is 0.0336. The second-order valence-electron chi connectivity index (χ2n) is 7.15. The summed E-state index contributed by atoms with van der Waals surface area (Å²) in [4.78, 5) is 29.7. The molecule has 0 saturated heterocycles. The van der Waals surface area contributed by atoms with Crippen LogP contribution in [0.3, 0.4) is 0 Å². The van der Waals surface area contributed by atoms with E-state index in [0.717, 1.165) is 22.9 Å². The van der Waals surface area contributed by atoms with Crippen LogP contribution in [0.25, 0.3) is 16.5 Å². The molecule has 2 N–H and O–H groups in total. The van der Waals surface area contributed by atoms with Crippen LogP contribution in [0.5, 0.6) is 5.75 Å². The number of rotatable bonds is 6. The van der Waals surface area contributed by atoms with Gasteiger partial charge in [-0.15, -0.1) is 0 Å². The minimum atomic E-state index is -2.92. The standard InChI is InChI=1S/C23H21F2N3O3/c24-23(25)31-17-7-5-16(6-8-17)22(30)27-14-21(29)28-11-9-15(10-12-28)19-13-26-20-4-2-1-3-18(19)20/h1-9,13,23,26H,10-12,14H2,(H,27,30). The first-order valence-electron chi connectivity index (χ1n) is 9.87. The van der Waals surface area contributed by atoms with Gasteiger partial charge in [-0.25, -0.2) is 0 Å². The van der Waals surface area contributed by atoms with Crippen LogP contribution in [0.1, 0.15) is 22.3 Å². The Kier molecular flexibility index (Phi) is 5.97. The molecule has 8 heteroatoms. The molecular formula is C23H21F2N3O3. The van der Waals surface area contributed by atoms with Gasteiger partial charge in [-0.3, -0.25) is 9.59 Å². The van der Waals surface area contributed by atoms with Gasteiger partial charge in [-0.1, -0.05) is 24.3 Å². The lowest BCUT2D eigenvalue weighted by Crippen LogP contribution is -2.42. The van der Waals surface area contributed by atoms with E-state index in [4.69, 9.17) is 0 Å². The highest BCUT2D eigenvalue weighted by Gasteiger charge is 2.20. The van der Waals surface area contributed by atoms with Crippen LogP contribution in [-0.2, 0) is 4.79 Å². The van der Waals surface area contributed by atoms with Gasteiger partial charge in [-0.2, -0.15) is 8.78 Å². The summed E-state index contributed by atoms with van der Waals surface area (Å²) >= 11 is 0. The van der Waals surface area contributed by atoms with Gasteiger partial charge in [-0.05, 0) is 42.3 Å². The number of carbonyl (C=O) groups excluding carboxylic acids is 2. The van der Waals surface area contributed by atoms with E-state index in [-0.39, 0.29) is 23.8 Å². The molecule has 6 nitrogen and oxygen atoms in total. The van der Waals surface area contributed by atoms with Crippen molar-refractivity contribution >= 4 is 28.3 Å². The highest BCUT2D eigenvalue weighted by atomic mass is 19.3. The van der Waals surface area contributed by atoms with Crippen molar-refractivity contribution in [3.05, 3.63) is 71.9 Å². The summed E-state index contributed by atoms with van der Waals surface area (Å²) in [6.07, 6.45) is 4.76. The predicted octanol–water partition coefficient (Wildman–Crippen LogP) is 3.82. The largest absolute Gasteiger partial charge is 0.435 e. The highest BCUT2D eigenvalue weighted by Crippen LogP contribution is 2.29. The zero-order valence-electron chi connectivity index (χ0n) is 16.6. The maximum absolute atomic E-state index is 12.5. The Hall–Kier alpha value is -3.68. The number of aromatic nitrogens is 1. The van der Waals surface area contributed by atoms with Crippen molar-refractivity contribution in [1.29, 1.82) is 0 Å². The number of benzene rings is 2. The van der Waals surface area contributed by atoms with E-state index < -0.39 is 12.5 Å². The van der Waals surface area contributed by atoms with Gasteiger partial charge in [0, 0.05) is 41.3 Å². The molecule has 0 spiro atoms. The Morgan fingerprint density at radius 3 is 2.61 bits per heavy atom. The highest BCUT2D eigenvalue weighted by molar-refractivity contribution is 5.97. The van der Waals surface area contributed by atoms with Crippen LogP contribution in [-0.4, -0.2) is 47.9 Å². The van der Waals surface area contributed by atoms with Crippen molar-refractivity contribution in [2.24, 2.45) is 0 Å². The Bertz CT molecular complexity index is 1120. The molecule has 0 saturated carbocycles. The number of halogens is 2. The van der Waals surface area contributed by atoms with E-state index in [2.05, 4.69) is 21.1 Å². The maximum atomic E-state index is 12.5. The fourth-order valence-corrected chi connectivity index (χ4v) is 3.63. The average molecular weight is 425 g/mol. The van der Waals surface area contributed by atoms with Gasteiger partial charge < -0.3 is 19.9 Å². The van der Waals surface area contributed by atoms with E-state index >= 15 is 0 Å². The van der Waals surface area contributed by atoms with E-state index in [1.165, 1.54) is 29.8 Å². The molecule has 4 rings (SSSR count). The minimum Gasteiger partial charge on any atom is -0.435 e. The van der Waals surface area contributed by atoms with E-state index in [1.54, 1.807) is 4.90 Å². The second-order valence-corrected chi connectivity index (χ2v) is 7.15. The van der Waals surface area contributed by atoms with Crippen LogP contribution in [0.2, 0.25) is 0 Å². The summed E-state index contributed by atoms with van der Waals surface area (Å²) in [5.41, 5.74) is 3.68. The predicted molar refractivity (Wildman–Crippen MR) is 113 cm³/mol. The summed E-state index contributed by atoms with van der Waals surface area (Å²) in [7, 11) is 0. The number of ether oxygens (including phenoxy) is 1. The number of fused-ring (bicyclic) bond motifs is 1. The maximum Gasteiger partial charge on any atom is 0.387 e. The molecular weight excluding hydrogens is 404 g/mol. The number of nitrogens with zero attached hydrogens (tertiary/aromatic N) is 1. The summed E-state index contributed by atoms with van der Waals surface area (Å²) in [6.45, 7) is -2.01. The zero-order valence-corrected chi connectivity index (χ0v) is 16.6. The van der Waals surface area contributed by atoms with Gasteiger partial charge in [0.05, 0.1) is 6.54 Å². The van der Waals surface area contributed by atoms with Crippen LogP contribution in [0.4, 0.5) is 8.78 Å². The third-order valence-corrected chi connectivity index (χ3v) is 5.24. The summed E-state index contributed by atoms with van der Waals surface area (Å²) < 4.78 is 28.6. The number of alkyl halides is 2. The lowest BCUT2D eigenvalue weighted by Gasteiger charge is -2.26. The Labute approximate surface area is 177 Å². The van der Waals surface area contributed by atoms with Crippen molar-refractivity contribution < 1.29 is 23.1 Å². The van der Waals surface area contributed by atoms with Crippen LogP contribution in [0.15, 0.2) is 60.8 Å². The molecule has 0 unspecified atom stereocenters. The molecule has 1 aliphatic rings. The Morgan fingerprint density at radius 2 is 1.90 bits per heavy atom. The number of H-pyrrole nitrogens is 1. The fourth-order valence-electron chi connectivity index (χ4n) is 3.63. The molecule has 0 bridgehead atoms. The molecule has 3 aromatic rings.